The Bertz CT molecular complexity index is 1030. The number of carbonyl (C=O) groups excluding carboxylic acids is 2. The van der Waals surface area contributed by atoms with E-state index in [-0.39, 0.29) is 11.8 Å². The molecule has 0 radical (unpaired) electrons. The number of carbonyl (C=O) groups is 2. The zero-order valence-corrected chi connectivity index (χ0v) is 15.9. The van der Waals surface area contributed by atoms with Crippen molar-refractivity contribution in [2.24, 2.45) is 0 Å². The van der Waals surface area contributed by atoms with Crippen LogP contribution in [0.25, 0.3) is 11.3 Å². The van der Waals surface area contributed by atoms with Crippen LogP contribution in [0.4, 0.5) is 5.69 Å². The number of benzene rings is 2. The van der Waals surface area contributed by atoms with Crippen LogP contribution in [0.3, 0.4) is 0 Å². The summed E-state index contributed by atoms with van der Waals surface area (Å²) in [5.74, 6) is -0.163. The van der Waals surface area contributed by atoms with E-state index < -0.39 is 0 Å². The molecule has 4 rings (SSSR count). The van der Waals surface area contributed by atoms with Gasteiger partial charge in [0.2, 0.25) is 5.91 Å². The number of hydrogen-bond acceptors (Lipinski definition) is 4. The SMILES string of the molecule is O=C1Cc2cc(-c3csc(CCNC(=O)c4ccccc4Cl)n3)ccc2N1. The van der Waals surface area contributed by atoms with E-state index in [1.807, 2.05) is 23.6 Å². The first-order chi connectivity index (χ1) is 13.1. The van der Waals surface area contributed by atoms with Gasteiger partial charge in [-0.2, -0.15) is 0 Å². The van der Waals surface area contributed by atoms with Crippen molar-refractivity contribution >= 4 is 40.4 Å². The minimum Gasteiger partial charge on any atom is -0.352 e. The van der Waals surface area contributed by atoms with E-state index >= 15 is 0 Å². The molecule has 3 aromatic rings. The normalized spacial score (nSPS) is 12.6. The van der Waals surface area contributed by atoms with Gasteiger partial charge in [0, 0.05) is 29.6 Å². The van der Waals surface area contributed by atoms with E-state index in [0.717, 1.165) is 27.5 Å². The fraction of sp³-hybridized carbons (Fsp3) is 0.150. The number of aromatic nitrogens is 1. The Balaban J connectivity index is 1.38. The summed E-state index contributed by atoms with van der Waals surface area (Å²) in [6.45, 7) is 0.486. The molecule has 2 aromatic carbocycles. The monoisotopic (exact) mass is 397 g/mol. The van der Waals surface area contributed by atoms with Crippen LogP contribution in [-0.4, -0.2) is 23.3 Å². The Morgan fingerprint density at radius 3 is 2.96 bits per heavy atom. The fourth-order valence-corrected chi connectivity index (χ4v) is 4.00. The van der Waals surface area contributed by atoms with Gasteiger partial charge in [0.15, 0.2) is 0 Å². The molecule has 1 aliphatic rings. The maximum Gasteiger partial charge on any atom is 0.252 e. The maximum atomic E-state index is 12.2. The molecule has 0 bridgehead atoms. The molecule has 0 atom stereocenters. The molecule has 136 valence electrons. The van der Waals surface area contributed by atoms with E-state index in [1.54, 1.807) is 35.6 Å². The van der Waals surface area contributed by atoms with Gasteiger partial charge in [-0.1, -0.05) is 29.8 Å². The number of hydrogen-bond donors (Lipinski definition) is 2. The summed E-state index contributed by atoms with van der Waals surface area (Å²) in [6.07, 6.45) is 1.06. The van der Waals surface area contributed by atoms with Gasteiger partial charge >= 0.3 is 0 Å². The number of amides is 2. The molecular weight excluding hydrogens is 382 g/mol. The Kier molecular flexibility index (Phi) is 4.92. The second-order valence-electron chi connectivity index (χ2n) is 6.21. The molecular formula is C20H16ClN3O2S. The molecule has 5 nitrogen and oxygen atoms in total. The molecule has 7 heteroatoms. The third-order valence-corrected chi connectivity index (χ3v) is 5.56. The lowest BCUT2D eigenvalue weighted by atomic mass is 10.1. The van der Waals surface area contributed by atoms with Gasteiger partial charge in [-0.05, 0) is 29.8 Å². The van der Waals surface area contributed by atoms with Crippen LogP contribution in [0.1, 0.15) is 20.9 Å². The third-order valence-electron chi connectivity index (χ3n) is 4.32. The first-order valence-electron chi connectivity index (χ1n) is 8.50. The molecule has 27 heavy (non-hydrogen) atoms. The van der Waals surface area contributed by atoms with Crippen molar-refractivity contribution in [3.8, 4) is 11.3 Å². The predicted octanol–water partition coefficient (Wildman–Crippen LogP) is 3.93. The number of thiazole rings is 1. The highest BCUT2D eigenvalue weighted by atomic mass is 35.5. The zero-order chi connectivity index (χ0) is 18.8. The van der Waals surface area contributed by atoms with E-state index in [0.29, 0.717) is 30.0 Å². The van der Waals surface area contributed by atoms with Crippen LogP contribution < -0.4 is 10.6 Å². The van der Waals surface area contributed by atoms with Crippen LogP contribution >= 0.6 is 22.9 Å². The molecule has 2 N–H and O–H groups in total. The highest BCUT2D eigenvalue weighted by Gasteiger charge is 2.18. The van der Waals surface area contributed by atoms with Crippen LogP contribution in [0.2, 0.25) is 5.02 Å². The molecule has 1 aromatic heterocycles. The van der Waals surface area contributed by atoms with E-state index in [2.05, 4.69) is 15.6 Å². The van der Waals surface area contributed by atoms with Gasteiger partial charge < -0.3 is 10.6 Å². The first kappa shape index (κ1) is 17.7. The molecule has 0 saturated carbocycles. The molecule has 1 aliphatic heterocycles. The highest BCUT2D eigenvalue weighted by Crippen LogP contribution is 2.29. The Morgan fingerprint density at radius 2 is 2.11 bits per heavy atom. The highest BCUT2D eigenvalue weighted by molar-refractivity contribution is 7.09. The van der Waals surface area contributed by atoms with Crippen LogP contribution in [0.5, 0.6) is 0 Å². The summed E-state index contributed by atoms with van der Waals surface area (Å²) in [5.41, 5.74) is 4.23. The molecule has 2 heterocycles. The summed E-state index contributed by atoms with van der Waals surface area (Å²) >= 11 is 7.60. The molecule has 2 amide bonds. The minimum atomic E-state index is -0.187. The van der Waals surface area contributed by atoms with Gasteiger partial charge in [-0.25, -0.2) is 4.98 Å². The molecule has 0 spiro atoms. The molecule has 0 unspecified atom stereocenters. The smallest absolute Gasteiger partial charge is 0.252 e. The van der Waals surface area contributed by atoms with Crippen molar-refractivity contribution in [1.29, 1.82) is 0 Å². The minimum absolute atomic E-state index is 0.0235. The Morgan fingerprint density at radius 1 is 1.26 bits per heavy atom. The average Bonchev–Trinajstić information content (AvgIpc) is 3.26. The first-order valence-corrected chi connectivity index (χ1v) is 9.76. The lowest BCUT2D eigenvalue weighted by molar-refractivity contribution is -0.115. The fourth-order valence-electron chi connectivity index (χ4n) is 2.97. The lowest BCUT2D eigenvalue weighted by Gasteiger charge is -2.05. The second-order valence-corrected chi connectivity index (χ2v) is 7.56. The average molecular weight is 398 g/mol. The summed E-state index contributed by atoms with van der Waals surface area (Å²) < 4.78 is 0. The van der Waals surface area contributed by atoms with Gasteiger partial charge in [-0.15, -0.1) is 11.3 Å². The third kappa shape index (κ3) is 3.86. The largest absolute Gasteiger partial charge is 0.352 e. The van der Waals surface area contributed by atoms with Crippen molar-refractivity contribution in [2.45, 2.75) is 12.8 Å². The van der Waals surface area contributed by atoms with Crippen LogP contribution in [0.15, 0.2) is 47.8 Å². The van der Waals surface area contributed by atoms with Crippen molar-refractivity contribution < 1.29 is 9.59 Å². The van der Waals surface area contributed by atoms with Crippen LogP contribution in [-0.2, 0) is 17.6 Å². The summed E-state index contributed by atoms with van der Waals surface area (Å²) in [6, 6.07) is 12.9. The Labute approximate surface area is 165 Å². The maximum absolute atomic E-state index is 12.2. The van der Waals surface area contributed by atoms with Gasteiger partial charge in [0.05, 0.1) is 27.7 Å². The molecule has 0 fully saturated rings. The van der Waals surface area contributed by atoms with Crippen molar-refractivity contribution in [2.75, 3.05) is 11.9 Å². The predicted molar refractivity (Wildman–Crippen MR) is 107 cm³/mol. The van der Waals surface area contributed by atoms with Crippen molar-refractivity contribution in [3.05, 3.63) is 69.0 Å². The topological polar surface area (TPSA) is 71.1 Å². The summed E-state index contributed by atoms with van der Waals surface area (Å²) in [5, 5.41) is 9.09. The number of anilines is 1. The van der Waals surface area contributed by atoms with Crippen molar-refractivity contribution in [3.63, 3.8) is 0 Å². The quantitative estimate of drug-likeness (QED) is 0.685. The zero-order valence-electron chi connectivity index (χ0n) is 14.3. The van der Waals surface area contributed by atoms with E-state index in [9.17, 15) is 9.59 Å². The van der Waals surface area contributed by atoms with Crippen molar-refractivity contribution in [1.82, 2.24) is 10.3 Å². The second kappa shape index (κ2) is 7.50. The molecule has 0 aliphatic carbocycles. The number of nitrogens with zero attached hydrogens (tertiary/aromatic N) is 1. The van der Waals surface area contributed by atoms with Gasteiger partial charge in [-0.3, -0.25) is 9.59 Å². The lowest BCUT2D eigenvalue weighted by Crippen LogP contribution is -2.25. The Hall–Kier alpha value is -2.70. The van der Waals surface area contributed by atoms with E-state index in [4.69, 9.17) is 11.6 Å². The number of fused-ring (bicyclic) bond motifs is 1. The van der Waals surface area contributed by atoms with Gasteiger partial charge in [0.1, 0.15) is 0 Å². The number of nitrogens with one attached hydrogen (secondary N) is 2. The number of halogens is 1. The van der Waals surface area contributed by atoms with Gasteiger partial charge in [0.25, 0.3) is 5.91 Å². The van der Waals surface area contributed by atoms with E-state index in [1.165, 1.54) is 0 Å². The number of rotatable bonds is 5. The summed E-state index contributed by atoms with van der Waals surface area (Å²) in [7, 11) is 0. The standard InChI is InChI=1S/C20H16ClN3O2S/c21-15-4-2-1-3-14(15)20(26)22-8-7-19-24-17(11-27-19)12-5-6-16-13(9-12)10-18(25)23-16/h1-6,9,11H,7-8,10H2,(H,22,26)(H,23,25). The van der Waals surface area contributed by atoms with Crippen LogP contribution in [0, 0.1) is 0 Å². The molecule has 0 saturated heterocycles. The summed E-state index contributed by atoms with van der Waals surface area (Å²) in [4.78, 5) is 28.3.